The molecule has 196 valence electrons. The predicted molar refractivity (Wildman–Crippen MR) is 154 cm³/mol. The molecule has 1 fully saturated rings. The van der Waals surface area contributed by atoms with E-state index in [9.17, 15) is 4.79 Å². The number of benzene rings is 2. The summed E-state index contributed by atoms with van der Waals surface area (Å²) >= 11 is 3.48. The van der Waals surface area contributed by atoms with Gasteiger partial charge in [0.2, 0.25) is 0 Å². The summed E-state index contributed by atoms with van der Waals surface area (Å²) in [6.45, 7) is 10.9. The first kappa shape index (κ1) is 27.1. The lowest BCUT2D eigenvalue weighted by atomic mass is 9.88. The molecule has 1 heterocycles. The van der Waals surface area contributed by atoms with Crippen molar-refractivity contribution in [2.75, 3.05) is 13.7 Å². The summed E-state index contributed by atoms with van der Waals surface area (Å²) in [7, 11) is 1.63. The molecule has 1 aliphatic rings. The quantitative estimate of drug-likeness (QED) is 0.213. The van der Waals surface area contributed by atoms with Gasteiger partial charge in [0.15, 0.2) is 11.5 Å². The minimum Gasteiger partial charge on any atom is -0.493 e. The Bertz CT molecular complexity index is 1370. The van der Waals surface area contributed by atoms with Gasteiger partial charge in [-0.15, -0.1) is 6.58 Å². The van der Waals surface area contributed by atoms with E-state index < -0.39 is 0 Å². The second kappa shape index (κ2) is 11.6. The summed E-state index contributed by atoms with van der Waals surface area (Å²) < 4.78 is 14.2. The number of halogens is 1. The van der Waals surface area contributed by atoms with Crippen molar-refractivity contribution in [1.82, 2.24) is 9.66 Å². The molecule has 0 saturated heterocycles. The highest BCUT2D eigenvalue weighted by Gasteiger charge is 2.23. The van der Waals surface area contributed by atoms with Crippen LogP contribution in [0.3, 0.4) is 0 Å². The van der Waals surface area contributed by atoms with Crippen molar-refractivity contribution in [3.05, 3.63) is 74.8 Å². The van der Waals surface area contributed by atoms with Crippen molar-refractivity contribution in [2.45, 2.75) is 65.2 Å². The van der Waals surface area contributed by atoms with E-state index in [2.05, 4.69) is 43.3 Å². The van der Waals surface area contributed by atoms with Crippen molar-refractivity contribution in [3.63, 3.8) is 0 Å². The number of nitrogens with zero attached hydrogens (tertiary/aromatic N) is 3. The molecule has 0 spiro atoms. The molecule has 1 aromatic heterocycles. The van der Waals surface area contributed by atoms with Crippen molar-refractivity contribution in [1.29, 1.82) is 0 Å². The van der Waals surface area contributed by atoms with Crippen molar-refractivity contribution >= 4 is 33.0 Å². The van der Waals surface area contributed by atoms with E-state index in [1.165, 1.54) is 11.1 Å². The number of aromatic nitrogens is 2. The molecular formula is C30H36BrN3O3. The lowest BCUT2D eigenvalue weighted by Gasteiger charge is -2.23. The topological polar surface area (TPSA) is 65.7 Å². The summed E-state index contributed by atoms with van der Waals surface area (Å²) in [6.07, 6.45) is 9.71. The zero-order valence-electron chi connectivity index (χ0n) is 22.2. The van der Waals surface area contributed by atoms with Crippen LogP contribution in [0.25, 0.3) is 10.9 Å². The van der Waals surface area contributed by atoms with Crippen LogP contribution < -0.4 is 15.0 Å². The van der Waals surface area contributed by atoms with Crippen LogP contribution in [0.5, 0.6) is 11.5 Å². The minimum absolute atomic E-state index is 0.00531. The molecule has 0 aliphatic heterocycles. The number of hydrogen-bond acceptors (Lipinski definition) is 5. The number of allylic oxidation sites excluding steroid dienone is 1. The monoisotopic (exact) mass is 565 g/mol. The standard InChI is InChI=1S/C30H36BrN3O3/c1-6-10-22-15-20(16-26(36-5)27(22)37-19-30(2,3)4)18-32-34-28(21-11-8-7-9-12-21)33-25-14-13-23(31)17-24(25)29(34)35/h6,13-18,21H,1,7-12,19H2,2-5H3. The van der Waals surface area contributed by atoms with Gasteiger partial charge in [-0.3, -0.25) is 4.79 Å². The zero-order valence-corrected chi connectivity index (χ0v) is 23.8. The molecule has 1 aliphatic carbocycles. The molecule has 7 heteroatoms. The van der Waals surface area contributed by atoms with E-state index >= 15 is 0 Å². The smallest absolute Gasteiger partial charge is 0.282 e. The Morgan fingerprint density at radius 2 is 1.95 bits per heavy atom. The Balaban J connectivity index is 1.80. The van der Waals surface area contributed by atoms with Gasteiger partial charge < -0.3 is 9.47 Å². The average molecular weight is 567 g/mol. The van der Waals surface area contributed by atoms with Crippen LogP contribution in [0.15, 0.2) is 57.4 Å². The number of methoxy groups -OCH3 is 1. The van der Waals surface area contributed by atoms with Crippen LogP contribution >= 0.6 is 15.9 Å². The second-order valence-electron chi connectivity index (χ2n) is 10.9. The molecule has 0 amide bonds. The molecule has 37 heavy (non-hydrogen) atoms. The lowest BCUT2D eigenvalue weighted by molar-refractivity contribution is 0.190. The Morgan fingerprint density at radius 3 is 2.62 bits per heavy atom. The van der Waals surface area contributed by atoms with Crippen LogP contribution in [-0.2, 0) is 6.42 Å². The van der Waals surface area contributed by atoms with E-state index in [-0.39, 0.29) is 16.9 Å². The second-order valence-corrected chi connectivity index (χ2v) is 11.8. The predicted octanol–water partition coefficient (Wildman–Crippen LogP) is 7.25. The van der Waals surface area contributed by atoms with E-state index in [0.717, 1.165) is 47.1 Å². The fourth-order valence-corrected chi connectivity index (χ4v) is 5.06. The van der Waals surface area contributed by atoms with Crippen LogP contribution in [0.4, 0.5) is 0 Å². The number of ether oxygens (including phenoxy) is 2. The highest BCUT2D eigenvalue weighted by atomic mass is 79.9. The van der Waals surface area contributed by atoms with E-state index in [1.807, 2.05) is 36.4 Å². The highest BCUT2D eigenvalue weighted by molar-refractivity contribution is 9.10. The Labute approximate surface area is 227 Å². The summed E-state index contributed by atoms with van der Waals surface area (Å²) in [4.78, 5) is 18.5. The molecule has 0 N–H and O–H groups in total. The van der Waals surface area contributed by atoms with Crippen LogP contribution in [0.2, 0.25) is 0 Å². The Morgan fingerprint density at radius 1 is 1.19 bits per heavy atom. The fraction of sp³-hybridized carbons (Fsp3) is 0.433. The Kier molecular flexibility index (Phi) is 8.53. The third kappa shape index (κ3) is 6.50. The van der Waals surface area contributed by atoms with Gasteiger partial charge in [-0.05, 0) is 60.6 Å². The van der Waals surface area contributed by atoms with Gasteiger partial charge in [0.25, 0.3) is 5.56 Å². The zero-order chi connectivity index (χ0) is 26.6. The largest absolute Gasteiger partial charge is 0.493 e. The maximum Gasteiger partial charge on any atom is 0.282 e. The number of hydrogen-bond donors (Lipinski definition) is 0. The van der Waals surface area contributed by atoms with E-state index in [0.29, 0.717) is 35.4 Å². The molecular weight excluding hydrogens is 530 g/mol. The van der Waals surface area contributed by atoms with E-state index in [4.69, 9.17) is 19.6 Å². The molecule has 0 radical (unpaired) electrons. The normalized spacial score (nSPS) is 14.8. The first-order valence-corrected chi connectivity index (χ1v) is 13.7. The van der Waals surface area contributed by atoms with Crippen LogP contribution in [0.1, 0.15) is 75.7 Å². The molecule has 0 unspecified atom stereocenters. The molecule has 4 rings (SSSR count). The first-order chi connectivity index (χ1) is 17.7. The maximum absolute atomic E-state index is 13.6. The van der Waals surface area contributed by atoms with E-state index in [1.54, 1.807) is 13.3 Å². The third-order valence-corrected chi connectivity index (χ3v) is 7.01. The van der Waals surface area contributed by atoms with Crippen LogP contribution in [0, 0.1) is 5.41 Å². The van der Waals surface area contributed by atoms with Gasteiger partial charge in [0, 0.05) is 16.0 Å². The molecule has 0 bridgehead atoms. The van der Waals surface area contributed by atoms with Crippen molar-refractivity contribution < 1.29 is 9.47 Å². The summed E-state index contributed by atoms with van der Waals surface area (Å²) in [6, 6.07) is 9.54. The van der Waals surface area contributed by atoms with Crippen molar-refractivity contribution in [3.8, 4) is 11.5 Å². The van der Waals surface area contributed by atoms with Crippen molar-refractivity contribution in [2.24, 2.45) is 10.5 Å². The number of rotatable bonds is 8. The van der Waals surface area contributed by atoms with Gasteiger partial charge in [-0.1, -0.05) is 62.0 Å². The van der Waals surface area contributed by atoms with Gasteiger partial charge in [-0.2, -0.15) is 9.78 Å². The lowest BCUT2D eigenvalue weighted by Crippen LogP contribution is -2.25. The van der Waals surface area contributed by atoms with Gasteiger partial charge in [0.05, 0.1) is 30.8 Å². The summed E-state index contributed by atoms with van der Waals surface area (Å²) in [5.41, 5.74) is 2.32. The highest BCUT2D eigenvalue weighted by Crippen LogP contribution is 2.35. The SMILES string of the molecule is C=CCc1cc(C=Nn2c(C3CCCCC3)nc3ccc(Br)cc3c2=O)cc(OC)c1OCC(C)(C)C. The first-order valence-electron chi connectivity index (χ1n) is 12.9. The minimum atomic E-state index is -0.161. The van der Waals surface area contributed by atoms with Gasteiger partial charge >= 0.3 is 0 Å². The fourth-order valence-electron chi connectivity index (χ4n) is 4.70. The van der Waals surface area contributed by atoms with Gasteiger partial charge in [-0.25, -0.2) is 4.98 Å². The van der Waals surface area contributed by atoms with Gasteiger partial charge in [0.1, 0.15) is 5.82 Å². The Hall–Kier alpha value is -2.93. The number of fused-ring (bicyclic) bond motifs is 1. The molecule has 3 aromatic rings. The maximum atomic E-state index is 13.6. The molecule has 1 saturated carbocycles. The molecule has 0 atom stereocenters. The summed E-state index contributed by atoms with van der Waals surface area (Å²) in [5, 5.41) is 5.25. The molecule has 6 nitrogen and oxygen atoms in total. The average Bonchev–Trinajstić information content (AvgIpc) is 2.87. The third-order valence-electron chi connectivity index (χ3n) is 6.51. The molecule has 2 aromatic carbocycles. The van der Waals surface area contributed by atoms with Crippen LogP contribution in [-0.4, -0.2) is 29.6 Å². The summed E-state index contributed by atoms with van der Waals surface area (Å²) in [5.74, 6) is 2.29.